The van der Waals surface area contributed by atoms with Crippen LogP contribution in [0.4, 0.5) is 0 Å². The van der Waals surface area contributed by atoms with Crippen molar-refractivity contribution in [3.8, 4) is 17.2 Å². The molecule has 8 heteroatoms. The summed E-state index contributed by atoms with van der Waals surface area (Å²) in [6, 6.07) is 7.44. The molecular weight excluding hydrogens is 342 g/mol. The second-order valence-electron chi connectivity index (χ2n) is 5.56. The van der Waals surface area contributed by atoms with Crippen molar-refractivity contribution in [1.29, 1.82) is 0 Å². The lowest BCUT2D eigenvalue weighted by molar-refractivity contribution is -0.119. The van der Waals surface area contributed by atoms with Crippen molar-refractivity contribution in [2.75, 3.05) is 25.5 Å². The predicted molar refractivity (Wildman–Crippen MR) is 93.6 cm³/mol. The number of carbonyl (C=O) groups is 1. The highest BCUT2D eigenvalue weighted by Crippen LogP contribution is 2.24. The van der Waals surface area contributed by atoms with Crippen LogP contribution in [0.25, 0.3) is 11.5 Å². The molecule has 1 aromatic heterocycles. The molecular formula is C17H21N3O4S. The van der Waals surface area contributed by atoms with Gasteiger partial charge in [0, 0.05) is 18.7 Å². The van der Waals surface area contributed by atoms with Crippen LogP contribution in [0.15, 0.2) is 33.9 Å². The van der Waals surface area contributed by atoms with Crippen molar-refractivity contribution in [3.63, 3.8) is 0 Å². The normalized spacial score (nSPS) is 16.8. The maximum absolute atomic E-state index is 11.9. The Morgan fingerprint density at radius 1 is 1.36 bits per heavy atom. The van der Waals surface area contributed by atoms with E-state index in [9.17, 15) is 4.79 Å². The van der Waals surface area contributed by atoms with Crippen molar-refractivity contribution >= 4 is 17.7 Å². The topological polar surface area (TPSA) is 86.5 Å². The van der Waals surface area contributed by atoms with Crippen molar-refractivity contribution < 1.29 is 18.7 Å². The molecule has 1 aliphatic heterocycles. The zero-order chi connectivity index (χ0) is 17.5. The van der Waals surface area contributed by atoms with Gasteiger partial charge in [-0.3, -0.25) is 4.79 Å². The Balaban J connectivity index is 1.46. The second-order valence-corrected chi connectivity index (χ2v) is 6.48. The van der Waals surface area contributed by atoms with Crippen LogP contribution in [0.3, 0.4) is 0 Å². The van der Waals surface area contributed by atoms with Crippen molar-refractivity contribution in [3.05, 3.63) is 24.3 Å². The van der Waals surface area contributed by atoms with Crippen LogP contribution in [-0.2, 0) is 9.53 Å². The predicted octanol–water partition coefficient (Wildman–Crippen LogP) is 2.52. The molecule has 0 unspecified atom stereocenters. The van der Waals surface area contributed by atoms with Crippen molar-refractivity contribution in [2.45, 2.75) is 31.1 Å². The average Bonchev–Trinajstić information content (AvgIpc) is 3.31. The van der Waals surface area contributed by atoms with Crippen LogP contribution in [0, 0.1) is 0 Å². The van der Waals surface area contributed by atoms with E-state index in [1.165, 1.54) is 11.8 Å². The fourth-order valence-electron chi connectivity index (χ4n) is 2.46. The van der Waals surface area contributed by atoms with Gasteiger partial charge in [-0.2, -0.15) is 0 Å². The van der Waals surface area contributed by atoms with E-state index in [1.54, 1.807) is 0 Å². The second kappa shape index (κ2) is 8.87. The van der Waals surface area contributed by atoms with Crippen LogP contribution in [0.2, 0.25) is 0 Å². The molecule has 25 heavy (non-hydrogen) atoms. The molecule has 134 valence electrons. The van der Waals surface area contributed by atoms with Gasteiger partial charge in [-0.15, -0.1) is 10.2 Å². The minimum Gasteiger partial charge on any atom is -0.494 e. The third-order valence-corrected chi connectivity index (χ3v) is 4.51. The standard InChI is InChI=1S/C17H21N3O4S/c1-2-22-13-7-5-12(6-8-13)16-19-20-17(24-16)25-11-15(21)18-10-14-4-3-9-23-14/h5-8,14H,2-4,9-11H2,1H3,(H,18,21)/t14-/m1/s1. The third-order valence-electron chi connectivity index (χ3n) is 3.70. The number of thioether (sulfide) groups is 1. The number of amides is 1. The first-order valence-electron chi connectivity index (χ1n) is 8.32. The molecule has 1 atom stereocenters. The Bertz CT molecular complexity index is 683. The van der Waals surface area contributed by atoms with E-state index < -0.39 is 0 Å². The van der Waals surface area contributed by atoms with Crippen LogP contribution in [0.5, 0.6) is 5.75 Å². The molecule has 2 aromatic rings. The Morgan fingerprint density at radius 2 is 2.20 bits per heavy atom. The highest BCUT2D eigenvalue weighted by molar-refractivity contribution is 7.99. The number of nitrogens with one attached hydrogen (secondary N) is 1. The molecule has 2 heterocycles. The average molecular weight is 363 g/mol. The van der Waals surface area contributed by atoms with Crippen LogP contribution in [0.1, 0.15) is 19.8 Å². The summed E-state index contributed by atoms with van der Waals surface area (Å²) in [5, 5.41) is 11.2. The SMILES string of the molecule is CCOc1ccc(-c2nnc(SCC(=O)NC[C@H]3CCCO3)o2)cc1. The Hall–Kier alpha value is -2.06. The zero-order valence-electron chi connectivity index (χ0n) is 14.1. The molecule has 3 rings (SSSR count). The molecule has 1 fully saturated rings. The van der Waals surface area contributed by atoms with Gasteiger partial charge in [0.15, 0.2) is 0 Å². The Morgan fingerprint density at radius 3 is 2.92 bits per heavy atom. The number of rotatable bonds is 8. The van der Waals surface area contributed by atoms with Gasteiger partial charge < -0.3 is 19.2 Å². The molecule has 1 aromatic carbocycles. The summed E-state index contributed by atoms with van der Waals surface area (Å²) in [5.74, 6) is 1.38. The molecule has 0 bridgehead atoms. The van der Waals surface area contributed by atoms with Crippen molar-refractivity contribution in [1.82, 2.24) is 15.5 Å². The summed E-state index contributed by atoms with van der Waals surface area (Å²) in [6.45, 7) is 3.90. The van der Waals surface area contributed by atoms with Gasteiger partial charge in [0.2, 0.25) is 11.8 Å². The number of nitrogens with zero attached hydrogens (tertiary/aromatic N) is 2. The van der Waals surface area contributed by atoms with E-state index in [-0.39, 0.29) is 17.8 Å². The minimum atomic E-state index is -0.0682. The number of ether oxygens (including phenoxy) is 2. The molecule has 0 aliphatic carbocycles. The van der Waals surface area contributed by atoms with Gasteiger partial charge in [0.25, 0.3) is 5.22 Å². The van der Waals surface area contributed by atoms with Gasteiger partial charge in [-0.25, -0.2) is 0 Å². The number of aromatic nitrogens is 2. The van der Waals surface area contributed by atoms with Gasteiger partial charge in [0.05, 0.1) is 18.5 Å². The van der Waals surface area contributed by atoms with Crippen molar-refractivity contribution in [2.24, 2.45) is 0 Å². The van der Waals surface area contributed by atoms with Gasteiger partial charge in [-0.1, -0.05) is 11.8 Å². The van der Waals surface area contributed by atoms with E-state index >= 15 is 0 Å². The van der Waals surface area contributed by atoms with E-state index in [0.717, 1.165) is 30.8 Å². The van der Waals surface area contributed by atoms with Crippen LogP contribution < -0.4 is 10.1 Å². The summed E-state index contributed by atoms with van der Waals surface area (Å²) in [7, 11) is 0. The molecule has 0 radical (unpaired) electrons. The summed E-state index contributed by atoms with van der Waals surface area (Å²) in [4.78, 5) is 11.9. The summed E-state index contributed by atoms with van der Waals surface area (Å²) in [5.41, 5.74) is 0.811. The van der Waals surface area contributed by atoms with E-state index in [0.29, 0.717) is 24.3 Å². The zero-order valence-corrected chi connectivity index (χ0v) is 14.9. The summed E-state index contributed by atoms with van der Waals surface area (Å²) < 4.78 is 16.5. The first kappa shape index (κ1) is 17.8. The Kier molecular flexibility index (Phi) is 6.30. The monoisotopic (exact) mass is 363 g/mol. The first-order chi connectivity index (χ1) is 12.2. The van der Waals surface area contributed by atoms with Gasteiger partial charge in [-0.05, 0) is 44.0 Å². The lowest BCUT2D eigenvalue weighted by Gasteiger charge is -2.09. The first-order valence-corrected chi connectivity index (χ1v) is 9.31. The van der Waals surface area contributed by atoms with Gasteiger partial charge >= 0.3 is 0 Å². The largest absolute Gasteiger partial charge is 0.494 e. The summed E-state index contributed by atoms with van der Waals surface area (Å²) >= 11 is 1.22. The fraction of sp³-hybridized carbons (Fsp3) is 0.471. The maximum atomic E-state index is 11.9. The van der Waals surface area contributed by atoms with E-state index in [1.807, 2.05) is 31.2 Å². The van der Waals surface area contributed by atoms with E-state index in [2.05, 4.69) is 15.5 Å². The third kappa shape index (κ3) is 5.20. The molecule has 0 spiro atoms. The molecule has 1 aliphatic rings. The molecule has 1 amide bonds. The van der Waals surface area contributed by atoms with Crippen LogP contribution in [-0.4, -0.2) is 47.7 Å². The summed E-state index contributed by atoms with van der Waals surface area (Å²) in [6.07, 6.45) is 2.21. The minimum absolute atomic E-state index is 0.0682. The Labute approximate surface area is 150 Å². The van der Waals surface area contributed by atoms with Gasteiger partial charge in [0.1, 0.15) is 5.75 Å². The highest BCUT2D eigenvalue weighted by Gasteiger charge is 2.17. The molecule has 7 nitrogen and oxygen atoms in total. The maximum Gasteiger partial charge on any atom is 0.277 e. The number of hydrogen-bond donors (Lipinski definition) is 1. The number of carbonyl (C=O) groups excluding carboxylic acids is 1. The lowest BCUT2D eigenvalue weighted by atomic mass is 10.2. The smallest absolute Gasteiger partial charge is 0.277 e. The van der Waals surface area contributed by atoms with E-state index in [4.69, 9.17) is 13.9 Å². The number of hydrogen-bond acceptors (Lipinski definition) is 7. The molecule has 1 N–H and O–H groups in total. The highest BCUT2D eigenvalue weighted by atomic mass is 32.2. The lowest BCUT2D eigenvalue weighted by Crippen LogP contribution is -2.32. The fourth-order valence-corrected chi connectivity index (χ4v) is 3.05. The molecule has 1 saturated heterocycles. The number of benzene rings is 1. The van der Waals surface area contributed by atoms with Crippen LogP contribution >= 0.6 is 11.8 Å². The quantitative estimate of drug-likeness (QED) is 0.721. The molecule has 0 saturated carbocycles.